The molecule has 7 nitrogen and oxygen atoms in total. The number of aromatic amines is 1. The second-order valence-electron chi connectivity index (χ2n) is 6.93. The first kappa shape index (κ1) is 19.1. The molecular formula is C19H22N6OS2. The molecular weight excluding hydrogens is 392 g/mol. The van der Waals surface area contributed by atoms with Crippen LogP contribution in [0, 0.1) is 6.92 Å². The predicted molar refractivity (Wildman–Crippen MR) is 110 cm³/mol. The Labute approximate surface area is 171 Å². The molecule has 0 saturated heterocycles. The van der Waals surface area contributed by atoms with Crippen LogP contribution in [0.2, 0.25) is 0 Å². The van der Waals surface area contributed by atoms with Gasteiger partial charge in [-0.05, 0) is 44.7 Å². The van der Waals surface area contributed by atoms with Gasteiger partial charge < -0.3 is 5.32 Å². The van der Waals surface area contributed by atoms with Crippen molar-refractivity contribution in [3.8, 4) is 11.4 Å². The Morgan fingerprint density at radius 3 is 2.75 bits per heavy atom. The first-order chi connectivity index (χ1) is 13.7. The number of pyridine rings is 1. The fourth-order valence-electron chi connectivity index (χ4n) is 3.29. The lowest BCUT2D eigenvalue weighted by molar-refractivity contribution is -0.121. The molecule has 0 bridgehead atoms. The van der Waals surface area contributed by atoms with E-state index in [-0.39, 0.29) is 18.4 Å². The number of aromatic nitrogens is 5. The molecule has 0 spiro atoms. The molecule has 1 saturated carbocycles. The van der Waals surface area contributed by atoms with Gasteiger partial charge in [-0.2, -0.15) is 5.10 Å². The number of carbonyl (C=O) groups is 1. The van der Waals surface area contributed by atoms with Crippen LogP contribution in [-0.2, 0) is 11.2 Å². The average Bonchev–Trinajstić information content (AvgIpc) is 3.33. The van der Waals surface area contributed by atoms with Gasteiger partial charge in [0, 0.05) is 40.3 Å². The Hall–Kier alpha value is -2.26. The highest BCUT2D eigenvalue weighted by molar-refractivity contribution is 8.01. The number of thioether (sulfide) groups is 1. The first-order valence-electron chi connectivity index (χ1n) is 9.35. The average molecular weight is 415 g/mol. The van der Waals surface area contributed by atoms with Crippen molar-refractivity contribution in [3.63, 3.8) is 0 Å². The minimum absolute atomic E-state index is 0.0101. The maximum absolute atomic E-state index is 12.4. The van der Waals surface area contributed by atoms with Crippen molar-refractivity contribution in [2.45, 2.75) is 54.7 Å². The second-order valence-corrected chi connectivity index (χ2v) is 9.34. The number of rotatable bonds is 6. The van der Waals surface area contributed by atoms with E-state index >= 15 is 0 Å². The van der Waals surface area contributed by atoms with Crippen molar-refractivity contribution < 1.29 is 4.79 Å². The Balaban J connectivity index is 1.23. The van der Waals surface area contributed by atoms with Crippen molar-refractivity contribution in [1.82, 2.24) is 30.5 Å². The van der Waals surface area contributed by atoms with Crippen LogP contribution in [-0.4, -0.2) is 42.3 Å². The molecule has 0 radical (unpaired) electrons. The molecule has 0 unspecified atom stereocenters. The molecule has 1 aliphatic carbocycles. The zero-order valence-electron chi connectivity index (χ0n) is 15.6. The number of hydrogen-bond acceptors (Lipinski definition) is 7. The fourth-order valence-corrected chi connectivity index (χ4v) is 5.57. The third-order valence-corrected chi connectivity index (χ3v) is 7.13. The highest BCUT2D eigenvalue weighted by Crippen LogP contribution is 2.35. The van der Waals surface area contributed by atoms with Crippen LogP contribution >= 0.6 is 23.1 Å². The number of carbonyl (C=O) groups excluding carboxylic acids is 1. The van der Waals surface area contributed by atoms with E-state index in [1.54, 1.807) is 23.7 Å². The molecule has 1 amide bonds. The number of nitrogens with zero attached hydrogens (tertiary/aromatic N) is 4. The molecule has 3 heterocycles. The van der Waals surface area contributed by atoms with Gasteiger partial charge >= 0.3 is 0 Å². The van der Waals surface area contributed by atoms with Gasteiger partial charge in [0.15, 0.2) is 5.82 Å². The normalized spacial score (nSPS) is 19.5. The van der Waals surface area contributed by atoms with Crippen LogP contribution in [0.25, 0.3) is 11.4 Å². The highest BCUT2D eigenvalue weighted by Gasteiger charge is 2.24. The van der Waals surface area contributed by atoms with Gasteiger partial charge in [-0.15, -0.1) is 11.3 Å². The fraction of sp³-hybridized carbons (Fsp3) is 0.421. The minimum atomic E-state index is -0.0101. The summed E-state index contributed by atoms with van der Waals surface area (Å²) in [5, 5.41) is 12.9. The molecule has 0 atom stereocenters. The van der Waals surface area contributed by atoms with Crippen molar-refractivity contribution in [1.29, 1.82) is 0 Å². The summed E-state index contributed by atoms with van der Waals surface area (Å²) < 4.78 is 1.15. The number of amides is 1. The van der Waals surface area contributed by atoms with Crippen LogP contribution in [0.4, 0.5) is 0 Å². The van der Waals surface area contributed by atoms with Gasteiger partial charge in [0.1, 0.15) is 10.2 Å². The zero-order chi connectivity index (χ0) is 19.3. The number of nitrogens with one attached hydrogen (secondary N) is 2. The van der Waals surface area contributed by atoms with E-state index in [1.165, 1.54) is 0 Å². The van der Waals surface area contributed by atoms with Crippen molar-refractivity contribution in [2.24, 2.45) is 0 Å². The van der Waals surface area contributed by atoms with Crippen LogP contribution in [0.1, 0.15) is 37.2 Å². The summed E-state index contributed by atoms with van der Waals surface area (Å²) in [6.45, 7) is 2.03. The standard InChI is InChI=1S/C19H22N6OS2/c1-12-11-27-19(21-12)28-15-4-2-14(3-5-15)22-17(26)10-16-23-18(25-24-16)13-6-8-20-9-7-13/h6-9,11,14-15H,2-5,10H2,1H3,(H,22,26)(H,23,24,25). The third kappa shape index (κ3) is 4.96. The number of aryl methyl sites for hydroxylation is 1. The van der Waals surface area contributed by atoms with E-state index in [9.17, 15) is 4.79 Å². The van der Waals surface area contributed by atoms with Gasteiger partial charge in [-0.3, -0.25) is 14.9 Å². The van der Waals surface area contributed by atoms with E-state index in [0.29, 0.717) is 16.9 Å². The Bertz CT molecular complexity index is 917. The van der Waals surface area contributed by atoms with E-state index in [2.05, 4.69) is 35.8 Å². The van der Waals surface area contributed by atoms with Gasteiger partial charge in [0.05, 0.1) is 6.42 Å². The molecule has 1 aliphatic rings. The van der Waals surface area contributed by atoms with Gasteiger partial charge in [-0.1, -0.05) is 11.8 Å². The topological polar surface area (TPSA) is 96.5 Å². The Morgan fingerprint density at radius 1 is 1.25 bits per heavy atom. The summed E-state index contributed by atoms with van der Waals surface area (Å²) in [5.41, 5.74) is 1.97. The van der Waals surface area contributed by atoms with E-state index in [1.807, 2.05) is 30.8 Å². The molecule has 4 rings (SSSR count). The van der Waals surface area contributed by atoms with Crippen molar-refractivity contribution in [2.75, 3.05) is 0 Å². The van der Waals surface area contributed by atoms with Crippen molar-refractivity contribution in [3.05, 3.63) is 41.4 Å². The molecule has 28 heavy (non-hydrogen) atoms. The SMILES string of the molecule is Cc1csc(SC2CCC(NC(=O)Cc3nc(-c4ccncc4)n[nH]3)CC2)n1. The second kappa shape index (κ2) is 8.83. The van der Waals surface area contributed by atoms with E-state index < -0.39 is 0 Å². The summed E-state index contributed by atoms with van der Waals surface area (Å²) in [7, 11) is 0. The zero-order valence-corrected chi connectivity index (χ0v) is 17.2. The van der Waals surface area contributed by atoms with Crippen molar-refractivity contribution >= 4 is 29.0 Å². The summed E-state index contributed by atoms with van der Waals surface area (Å²) in [4.78, 5) is 25.3. The molecule has 3 aromatic heterocycles. The van der Waals surface area contributed by atoms with Crippen LogP contribution in [0.5, 0.6) is 0 Å². The van der Waals surface area contributed by atoms with E-state index in [0.717, 1.165) is 41.3 Å². The lowest BCUT2D eigenvalue weighted by Crippen LogP contribution is -2.39. The summed E-state index contributed by atoms with van der Waals surface area (Å²) in [6, 6.07) is 3.93. The summed E-state index contributed by atoms with van der Waals surface area (Å²) in [6.07, 6.45) is 7.82. The molecule has 0 aromatic carbocycles. The van der Waals surface area contributed by atoms with Gasteiger partial charge in [0.25, 0.3) is 0 Å². The quantitative estimate of drug-likeness (QED) is 0.642. The molecule has 9 heteroatoms. The largest absolute Gasteiger partial charge is 0.353 e. The highest BCUT2D eigenvalue weighted by atomic mass is 32.2. The van der Waals surface area contributed by atoms with E-state index in [4.69, 9.17) is 0 Å². The maximum atomic E-state index is 12.4. The number of H-pyrrole nitrogens is 1. The third-order valence-electron chi connectivity index (χ3n) is 4.70. The lowest BCUT2D eigenvalue weighted by Gasteiger charge is -2.28. The lowest BCUT2D eigenvalue weighted by atomic mass is 9.95. The smallest absolute Gasteiger partial charge is 0.227 e. The molecule has 146 valence electrons. The molecule has 1 fully saturated rings. The summed E-state index contributed by atoms with van der Waals surface area (Å²) in [5.74, 6) is 1.15. The Kier molecular flexibility index (Phi) is 6.01. The van der Waals surface area contributed by atoms with Crippen LogP contribution < -0.4 is 5.32 Å². The minimum Gasteiger partial charge on any atom is -0.353 e. The maximum Gasteiger partial charge on any atom is 0.227 e. The predicted octanol–water partition coefficient (Wildman–Crippen LogP) is 3.39. The summed E-state index contributed by atoms with van der Waals surface area (Å²) >= 11 is 3.60. The Morgan fingerprint density at radius 2 is 2.04 bits per heavy atom. The monoisotopic (exact) mass is 414 g/mol. The number of thiazole rings is 1. The number of hydrogen-bond donors (Lipinski definition) is 2. The van der Waals surface area contributed by atoms with Gasteiger partial charge in [0.2, 0.25) is 5.91 Å². The molecule has 3 aromatic rings. The van der Waals surface area contributed by atoms with Gasteiger partial charge in [-0.25, -0.2) is 9.97 Å². The first-order valence-corrected chi connectivity index (χ1v) is 11.1. The molecule has 0 aliphatic heterocycles. The molecule has 2 N–H and O–H groups in total. The van der Waals surface area contributed by atoms with Crippen LogP contribution in [0.3, 0.4) is 0 Å². The van der Waals surface area contributed by atoms with Crippen LogP contribution in [0.15, 0.2) is 34.2 Å².